The zero-order chi connectivity index (χ0) is 22.5. The average Bonchev–Trinajstić information content (AvgIpc) is 3.05. The van der Waals surface area contributed by atoms with Gasteiger partial charge >= 0.3 is 5.97 Å². The summed E-state index contributed by atoms with van der Waals surface area (Å²) in [6.07, 6.45) is 3.81. The Hall–Kier alpha value is -2.74. The van der Waals surface area contributed by atoms with Crippen LogP contribution in [0.2, 0.25) is 0 Å². The van der Waals surface area contributed by atoms with Crippen molar-refractivity contribution in [1.29, 1.82) is 0 Å². The summed E-state index contributed by atoms with van der Waals surface area (Å²) in [7, 11) is 0. The molecule has 4 rings (SSSR count). The van der Waals surface area contributed by atoms with E-state index >= 15 is 0 Å². The highest BCUT2D eigenvalue weighted by Crippen LogP contribution is 2.27. The van der Waals surface area contributed by atoms with Gasteiger partial charge in [0.25, 0.3) is 0 Å². The fourth-order valence-corrected chi connectivity index (χ4v) is 4.73. The van der Waals surface area contributed by atoms with Gasteiger partial charge in [0.15, 0.2) is 0 Å². The summed E-state index contributed by atoms with van der Waals surface area (Å²) in [4.78, 5) is 40.5. The second kappa shape index (κ2) is 10.3. The number of hydrogen-bond donors (Lipinski definition) is 0. The molecule has 2 fully saturated rings. The second-order valence-corrected chi connectivity index (χ2v) is 8.56. The molecular weight excluding hydrogens is 406 g/mol. The molecule has 8 nitrogen and oxygen atoms in total. The summed E-state index contributed by atoms with van der Waals surface area (Å²) in [5, 5.41) is 1.02. The van der Waals surface area contributed by atoms with E-state index in [1.54, 1.807) is 6.92 Å². The van der Waals surface area contributed by atoms with Crippen molar-refractivity contribution in [3.63, 3.8) is 0 Å². The summed E-state index contributed by atoms with van der Waals surface area (Å²) in [6.45, 7) is 8.29. The lowest BCUT2D eigenvalue weighted by Crippen LogP contribution is -2.45. The number of carbonyl (C=O) groups is 2. The molecule has 3 heterocycles. The average molecular weight is 440 g/mol. The van der Waals surface area contributed by atoms with Crippen LogP contribution < -0.4 is 4.90 Å². The lowest BCUT2D eigenvalue weighted by Gasteiger charge is -2.33. The van der Waals surface area contributed by atoms with Gasteiger partial charge in [0.2, 0.25) is 5.91 Å². The highest BCUT2D eigenvalue weighted by molar-refractivity contribution is 5.89. The highest BCUT2D eigenvalue weighted by atomic mass is 16.5. The van der Waals surface area contributed by atoms with Gasteiger partial charge in [-0.1, -0.05) is 18.6 Å². The molecule has 2 aromatic rings. The van der Waals surface area contributed by atoms with Crippen molar-refractivity contribution in [3.8, 4) is 0 Å². The number of amides is 1. The normalized spacial score (nSPS) is 20.2. The molecule has 8 heteroatoms. The van der Waals surface area contributed by atoms with Crippen LogP contribution in [-0.2, 0) is 20.9 Å². The van der Waals surface area contributed by atoms with Crippen LogP contribution in [0.25, 0.3) is 10.9 Å². The molecule has 2 saturated heterocycles. The smallest absolute Gasteiger partial charge is 0.323 e. The molecule has 0 spiro atoms. The van der Waals surface area contributed by atoms with Crippen molar-refractivity contribution in [2.24, 2.45) is 0 Å². The monoisotopic (exact) mass is 439 g/mol. The van der Waals surface area contributed by atoms with Crippen molar-refractivity contribution >= 4 is 28.6 Å². The van der Waals surface area contributed by atoms with Gasteiger partial charge in [0.1, 0.15) is 17.7 Å². The number of aromatic nitrogens is 2. The lowest BCUT2D eigenvalue weighted by molar-refractivity contribution is -0.151. The molecule has 1 amide bonds. The number of para-hydroxylation sites is 1. The first-order valence-corrected chi connectivity index (χ1v) is 11.7. The minimum Gasteiger partial charge on any atom is -0.465 e. The molecule has 2 aliphatic rings. The number of piperidine rings is 1. The van der Waals surface area contributed by atoms with Crippen LogP contribution >= 0.6 is 0 Å². The van der Waals surface area contributed by atoms with Gasteiger partial charge < -0.3 is 14.5 Å². The SMILES string of the molecule is CCOC(=O)[C@@H]1CCCCN1Cc1nc(N2CCCN(C(C)=O)CC2)c2ccccc2n1. The van der Waals surface area contributed by atoms with Crippen molar-refractivity contribution in [2.45, 2.75) is 52.1 Å². The molecule has 0 unspecified atom stereocenters. The third kappa shape index (κ3) is 5.01. The number of fused-ring (bicyclic) bond motifs is 1. The Labute approximate surface area is 189 Å². The van der Waals surface area contributed by atoms with Crippen LogP contribution in [-0.4, -0.2) is 77.0 Å². The lowest BCUT2D eigenvalue weighted by atomic mass is 10.0. The first-order chi connectivity index (χ1) is 15.6. The number of carbonyl (C=O) groups excluding carboxylic acids is 2. The highest BCUT2D eigenvalue weighted by Gasteiger charge is 2.31. The summed E-state index contributed by atoms with van der Waals surface area (Å²) in [5.74, 6) is 1.61. The number of likely N-dealkylation sites (tertiary alicyclic amines) is 1. The first-order valence-electron chi connectivity index (χ1n) is 11.7. The maximum absolute atomic E-state index is 12.5. The van der Waals surface area contributed by atoms with E-state index in [0.717, 1.165) is 74.4 Å². The molecule has 0 bridgehead atoms. The van der Waals surface area contributed by atoms with Gasteiger partial charge in [-0.3, -0.25) is 14.5 Å². The largest absolute Gasteiger partial charge is 0.465 e. The maximum Gasteiger partial charge on any atom is 0.323 e. The van der Waals surface area contributed by atoms with Gasteiger partial charge in [0.05, 0.1) is 18.7 Å². The topological polar surface area (TPSA) is 78.9 Å². The van der Waals surface area contributed by atoms with Crippen LogP contribution in [0.15, 0.2) is 24.3 Å². The minimum atomic E-state index is -0.232. The van der Waals surface area contributed by atoms with E-state index in [-0.39, 0.29) is 17.9 Å². The number of nitrogens with zero attached hydrogens (tertiary/aromatic N) is 5. The number of benzene rings is 1. The van der Waals surface area contributed by atoms with Gasteiger partial charge in [-0.15, -0.1) is 0 Å². The Morgan fingerprint density at radius 2 is 1.88 bits per heavy atom. The van der Waals surface area contributed by atoms with Crippen molar-refractivity contribution in [1.82, 2.24) is 19.8 Å². The van der Waals surface area contributed by atoms with E-state index in [1.165, 1.54) is 0 Å². The third-order valence-electron chi connectivity index (χ3n) is 6.39. The Bertz CT molecular complexity index is 966. The second-order valence-electron chi connectivity index (χ2n) is 8.56. The molecule has 0 saturated carbocycles. The van der Waals surface area contributed by atoms with Crippen LogP contribution in [0.4, 0.5) is 5.82 Å². The van der Waals surface area contributed by atoms with Crippen molar-refractivity contribution in [2.75, 3.05) is 44.2 Å². The van der Waals surface area contributed by atoms with E-state index in [0.29, 0.717) is 19.7 Å². The quantitative estimate of drug-likeness (QED) is 0.663. The fourth-order valence-electron chi connectivity index (χ4n) is 4.73. The Balaban J connectivity index is 1.62. The summed E-state index contributed by atoms with van der Waals surface area (Å²) in [6, 6.07) is 7.85. The van der Waals surface area contributed by atoms with E-state index in [2.05, 4.69) is 15.9 Å². The summed E-state index contributed by atoms with van der Waals surface area (Å²) in [5.41, 5.74) is 0.907. The number of hydrogen-bond acceptors (Lipinski definition) is 7. The van der Waals surface area contributed by atoms with Crippen LogP contribution in [0, 0.1) is 0 Å². The standard InChI is InChI=1S/C24H33N5O3/c1-3-32-24(31)21-11-6-7-12-29(21)17-22-25-20-10-5-4-9-19(20)23(26-22)28-14-8-13-27(15-16-28)18(2)30/h4-5,9-10,21H,3,6-8,11-17H2,1-2H3/t21-/m0/s1. The van der Waals surface area contributed by atoms with Crippen molar-refractivity contribution in [3.05, 3.63) is 30.1 Å². The molecule has 1 aromatic carbocycles. The molecule has 0 N–H and O–H groups in total. The molecule has 172 valence electrons. The molecule has 0 radical (unpaired) electrons. The number of esters is 1. The van der Waals surface area contributed by atoms with Crippen LogP contribution in [0.1, 0.15) is 45.4 Å². The van der Waals surface area contributed by atoms with Gasteiger partial charge in [-0.25, -0.2) is 9.97 Å². The number of anilines is 1. The number of rotatable bonds is 5. The minimum absolute atomic E-state index is 0.121. The van der Waals surface area contributed by atoms with Crippen molar-refractivity contribution < 1.29 is 14.3 Å². The van der Waals surface area contributed by atoms with Gasteiger partial charge in [0, 0.05) is 38.5 Å². The first kappa shape index (κ1) is 22.5. The molecule has 0 aliphatic carbocycles. The molecular formula is C24H33N5O3. The van der Waals surface area contributed by atoms with Gasteiger partial charge in [-0.05, 0) is 44.9 Å². The predicted octanol–water partition coefficient (Wildman–Crippen LogP) is 2.61. The van der Waals surface area contributed by atoms with Crippen LogP contribution in [0.3, 0.4) is 0 Å². The van der Waals surface area contributed by atoms with Gasteiger partial charge in [-0.2, -0.15) is 0 Å². The molecule has 1 atom stereocenters. The predicted molar refractivity (Wildman–Crippen MR) is 123 cm³/mol. The Morgan fingerprint density at radius 3 is 2.69 bits per heavy atom. The zero-order valence-electron chi connectivity index (χ0n) is 19.1. The summed E-state index contributed by atoms with van der Waals surface area (Å²) >= 11 is 0. The van der Waals surface area contributed by atoms with E-state index in [1.807, 2.05) is 30.0 Å². The maximum atomic E-state index is 12.5. The Morgan fingerprint density at radius 1 is 1.03 bits per heavy atom. The van der Waals surface area contributed by atoms with E-state index < -0.39 is 0 Å². The third-order valence-corrected chi connectivity index (χ3v) is 6.39. The van der Waals surface area contributed by atoms with Crippen LogP contribution in [0.5, 0.6) is 0 Å². The van der Waals surface area contributed by atoms with E-state index in [9.17, 15) is 9.59 Å². The Kier molecular flexibility index (Phi) is 7.19. The molecule has 2 aliphatic heterocycles. The number of ether oxygens (including phenoxy) is 1. The summed E-state index contributed by atoms with van der Waals surface area (Å²) < 4.78 is 5.32. The van der Waals surface area contributed by atoms with E-state index in [4.69, 9.17) is 14.7 Å². The molecule has 1 aromatic heterocycles. The molecule has 32 heavy (non-hydrogen) atoms. The fraction of sp³-hybridized carbons (Fsp3) is 0.583. The zero-order valence-corrected chi connectivity index (χ0v) is 19.1.